The van der Waals surface area contributed by atoms with Crippen molar-refractivity contribution in [2.45, 2.75) is 30.7 Å². The van der Waals surface area contributed by atoms with Crippen molar-refractivity contribution in [1.29, 1.82) is 0 Å². The second-order valence-electron chi connectivity index (χ2n) is 7.87. The van der Waals surface area contributed by atoms with Crippen molar-refractivity contribution in [2.75, 3.05) is 5.32 Å². The van der Waals surface area contributed by atoms with Gasteiger partial charge in [-0.25, -0.2) is 13.4 Å². The van der Waals surface area contributed by atoms with Gasteiger partial charge in [0.25, 0.3) is 0 Å². The molecule has 7 nitrogen and oxygen atoms in total. The lowest BCUT2D eigenvalue weighted by Crippen LogP contribution is -2.07. The first-order valence-corrected chi connectivity index (χ1v) is 11.6. The van der Waals surface area contributed by atoms with Gasteiger partial charge in [-0.2, -0.15) is 4.52 Å². The van der Waals surface area contributed by atoms with Crippen LogP contribution in [0.15, 0.2) is 76.7 Å². The van der Waals surface area contributed by atoms with Crippen LogP contribution in [0, 0.1) is 20.8 Å². The molecule has 1 N–H and O–H groups in total. The number of anilines is 2. The third kappa shape index (κ3) is 3.29. The second kappa shape index (κ2) is 7.42. The Hall–Kier alpha value is -3.78. The number of para-hydroxylation sites is 1. The van der Waals surface area contributed by atoms with E-state index in [0.717, 1.165) is 22.2 Å². The minimum Gasteiger partial charge on any atom is -0.340 e. The number of hydrogen-bond donors (Lipinski definition) is 1. The van der Waals surface area contributed by atoms with E-state index >= 15 is 0 Å². The SMILES string of the molecule is Cc1cccc(Nc2nc3c(S(=O)(=O)c4cc(C)ccc4C)nnn3c3ccccc23)c1. The van der Waals surface area contributed by atoms with E-state index in [1.165, 1.54) is 4.52 Å². The summed E-state index contributed by atoms with van der Waals surface area (Å²) < 4.78 is 28.6. The van der Waals surface area contributed by atoms with E-state index < -0.39 is 9.84 Å². The fourth-order valence-electron chi connectivity index (χ4n) is 3.77. The standard InChI is InChI=1S/C24H21N5O2S/c1-15-7-6-8-18(13-15)25-22-19-9-4-5-10-20(19)29-23(26-22)24(27-28-29)32(30,31)21-14-16(2)11-12-17(21)3/h4-14H,1-3H3,(H,25,26). The fourth-order valence-corrected chi connectivity index (χ4v) is 5.33. The van der Waals surface area contributed by atoms with Crippen molar-refractivity contribution < 1.29 is 8.42 Å². The van der Waals surface area contributed by atoms with Crippen LogP contribution >= 0.6 is 0 Å². The number of fused-ring (bicyclic) bond motifs is 3. The van der Waals surface area contributed by atoms with E-state index in [2.05, 4.69) is 20.6 Å². The average molecular weight is 444 g/mol. The molecule has 0 aliphatic heterocycles. The zero-order valence-corrected chi connectivity index (χ0v) is 18.7. The van der Waals surface area contributed by atoms with Crippen molar-refractivity contribution >= 4 is 37.9 Å². The predicted molar refractivity (Wildman–Crippen MR) is 124 cm³/mol. The minimum atomic E-state index is -3.93. The summed E-state index contributed by atoms with van der Waals surface area (Å²) >= 11 is 0. The maximum atomic E-state index is 13.6. The van der Waals surface area contributed by atoms with Gasteiger partial charge in [0, 0.05) is 11.1 Å². The molecule has 5 rings (SSSR count). The highest BCUT2D eigenvalue weighted by Crippen LogP contribution is 2.30. The molecular weight excluding hydrogens is 422 g/mol. The second-order valence-corrected chi connectivity index (χ2v) is 9.71. The Morgan fingerprint density at radius 1 is 0.875 bits per heavy atom. The molecule has 0 saturated heterocycles. The molecule has 2 aromatic heterocycles. The Kier molecular flexibility index (Phi) is 4.67. The highest BCUT2D eigenvalue weighted by molar-refractivity contribution is 7.91. The van der Waals surface area contributed by atoms with Crippen molar-refractivity contribution in [3.8, 4) is 0 Å². The lowest BCUT2D eigenvalue weighted by Gasteiger charge is -2.11. The highest BCUT2D eigenvalue weighted by atomic mass is 32.2. The first kappa shape index (κ1) is 20.1. The zero-order chi connectivity index (χ0) is 22.5. The van der Waals surface area contributed by atoms with Crippen molar-refractivity contribution in [3.05, 3.63) is 83.4 Å². The third-order valence-electron chi connectivity index (χ3n) is 5.39. The van der Waals surface area contributed by atoms with Gasteiger partial charge in [0.1, 0.15) is 5.82 Å². The molecule has 32 heavy (non-hydrogen) atoms. The summed E-state index contributed by atoms with van der Waals surface area (Å²) in [6, 6.07) is 20.8. The Morgan fingerprint density at radius 3 is 2.47 bits per heavy atom. The maximum absolute atomic E-state index is 13.6. The lowest BCUT2D eigenvalue weighted by molar-refractivity contribution is 0.592. The largest absolute Gasteiger partial charge is 0.340 e. The molecule has 0 radical (unpaired) electrons. The molecule has 0 bridgehead atoms. The van der Waals surface area contributed by atoms with Crippen LogP contribution < -0.4 is 5.32 Å². The smallest absolute Gasteiger partial charge is 0.229 e. The normalized spacial score (nSPS) is 11.8. The highest BCUT2D eigenvalue weighted by Gasteiger charge is 2.28. The van der Waals surface area contributed by atoms with E-state index in [9.17, 15) is 8.42 Å². The van der Waals surface area contributed by atoms with Gasteiger partial charge >= 0.3 is 0 Å². The van der Waals surface area contributed by atoms with Crippen LogP contribution in [0.1, 0.15) is 16.7 Å². The van der Waals surface area contributed by atoms with E-state index in [1.807, 2.05) is 68.4 Å². The van der Waals surface area contributed by atoms with Gasteiger partial charge in [-0.1, -0.05) is 41.6 Å². The van der Waals surface area contributed by atoms with Gasteiger partial charge in [0.2, 0.25) is 14.9 Å². The van der Waals surface area contributed by atoms with Gasteiger partial charge in [-0.15, -0.1) is 5.10 Å². The molecule has 160 valence electrons. The summed E-state index contributed by atoms with van der Waals surface area (Å²) in [7, 11) is -3.93. The van der Waals surface area contributed by atoms with E-state index in [1.54, 1.807) is 19.1 Å². The average Bonchev–Trinajstić information content (AvgIpc) is 3.20. The molecule has 2 heterocycles. The van der Waals surface area contributed by atoms with Crippen LogP contribution in [-0.4, -0.2) is 28.2 Å². The molecule has 8 heteroatoms. The summed E-state index contributed by atoms with van der Waals surface area (Å²) in [6.45, 7) is 5.64. The molecule has 0 atom stereocenters. The number of nitrogens with zero attached hydrogens (tertiary/aromatic N) is 4. The molecule has 0 aliphatic carbocycles. The van der Waals surface area contributed by atoms with Crippen LogP contribution in [0.3, 0.4) is 0 Å². The van der Waals surface area contributed by atoms with Crippen molar-refractivity contribution in [2.24, 2.45) is 0 Å². The summed E-state index contributed by atoms with van der Waals surface area (Å²) in [5.41, 5.74) is 4.35. The number of nitrogens with one attached hydrogen (secondary N) is 1. The van der Waals surface area contributed by atoms with Crippen LogP contribution in [-0.2, 0) is 9.84 Å². The van der Waals surface area contributed by atoms with E-state index in [0.29, 0.717) is 16.9 Å². The summed E-state index contributed by atoms with van der Waals surface area (Å²) in [6.07, 6.45) is 0. The Balaban J connectivity index is 1.76. The molecule has 0 saturated carbocycles. The monoisotopic (exact) mass is 443 g/mol. The molecule has 0 fully saturated rings. The maximum Gasteiger partial charge on any atom is 0.229 e. The third-order valence-corrected chi connectivity index (χ3v) is 7.18. The quantitative estimate of drug-likeness (QED) is 0.430. The number of aromatic nitrogens is 4. The molecule has 0 aliphatic rings. The van der Waals surface area contributed by atoms with Gasteiger partial charge in [-0.05, 0) is 67.8 Å². The number of rotatable bonds is 4. The molecule has 5 aromatic rings. The first-order chi connectivity index (χ1) is 15.3. The van der Waals surface area contributed by atoms with Gasteiger partial charge < -0.3 is 5.32 Å². The van der Waals surface area contributed by atoms with Crippen LogP contribution in [0.4, 0.5) is 11.5 Å². The molecular formula is C24H21N5O2S. The predicted octanol–water partition coefficient (Wildman–Crippen LogP) is 4.78. The number of aryl methyl sites for hydroxylation is 3. The minimum absolute atomic E-state index is 0.163. The van der Waals surface area contributed by atoms with Crippen molar-refractivity contribution in [1.82, 2.24) is 19.8 Å². The topological polar surface area (TPSA) is 89.2 Å². The van der Waals surface area contributed by atoms with E-state index in [-0.39, 0.29) is 15.6 Å². The van der Waals surface area contributed by atoms with Gasteiger partial charge in [-0.3, -0.25) is 0 Å². The van der Waals surface area contributed by atoms with Gasteiger partial charge in [0.05, 0.1) is 10.4 Å². The molecule has 0 amide bonds. The van der Waals surface area contributed by atoms with Crippen LogP contribution in [0.5, 0.6) is 0 Å². The Morgan fingerprint density at radius 2 is 1.66 bits per heavy atom. The summed E-state index contributed by atoms with van der Waals surface area (Å²) in [5.74, 6) is 0.540. The molecule has 0 spiro atoms. The van der Waals surface area contributed by atoms with Crippen LogP contribution in [0.2, 0.25) is 0 Å². The summed E-state index contributed by atoms with van der Waals surface area (Å²) in [4.78, 5) is 4.89. The Labute approximate surface area is 185 Å². The van der Waals surface area contributed by atoms with Gasteiger partial charge in [0.15, 0.2) is 5.65 Å². The molecule has 3 aromatic carbocycles. The number of hydrogen-bond acceptors (Lipinski definition) is 6. The fraction of sp³-hybridized carbons (Fsp3) is 0.125. The lowest BCUT2D eigenvalue weighted by atomic mass is 10.2. The van der Waals surface area contributed by atoms with Crippen molar-refractivity contribution in [3.63, 3.8) is 0 Å². The van der Waals surface area contributed by atoms with Crippen LogP contribution in [0.25, 0.3) is 16.6 Å². The first-order valence-electron chi connectivity index (χ1n) is 10.1. The Bertz CT molecular complexity index is 1610. The molecule has 0 unspecified atom stereocenters. The van der Waals surface area contributed by atoms with E-state index in [4.69, 9.17) is 0 Å². The number of sulfone groups is 1. The number of benzene rings is 3. The summed E-state index contributed by atoms with van der Waals surface area (Å²) in [5, 5.41) is 12.2. The zero-order valence-electron chi connectivity index (χ0n) is 17.9.